The lowest BCUT2D eigenvalue weighted by Crippen LogP contribution is -2.01. The zero-order chi connectivity index (χ0) is 15.4. The second kappa shape index (κ2) is 7.86. The van der Waals surface area contributed by atoms with Crippen molar-refractivity contribution < 1.29 is 4.74 Å². The Morgan fingerprint density at radius 3 is 2.33 bits per heavy atom. The number of hydrogen-bond donors (Lipinski definition) is 1. The van der Waals surface area contributed by atoms with E-state index in [1.807, 2.05) is 37.3 Å². The van der Waals surface area contributed by atoms with Crippen LogP contribution in [0.4, 0.5) is 5.69 Å². The van der Waals surface area contributed by atoms with E-state index in [1.54, 1.807) is 0 Å². The Kier molecular flexibility index (Phi) is 6.41. The molecule has 0 heterocycles. The third kappa shape index (κ3) is 4.62. The monoisotopic (exact) mass is 495 g/mol. The van der Waals surface area contributed by atoms with Crippen LogP contribution in [0.25, 0.3) is 0 Å². The molecule has 0 aliphatic rings. The van der Waals surface area contributed by atoms with E-state index >= 15 is 0 Å². The van der Waals surface area contributed by atoms with Crippen molar-refractivity contribution in [2.24, 2.45) is 0 Å². The summed E-state index contributed by atoms with van der Waals surface area (Å²) < 4.78 is 8.43. The number of benzene rings is 2. The third-order valence-corrected chi connectivity index (χ3v) is 4.86. The summed E-state index contributed by atoms with van der Waals surface area (Å²) in [6.45, 7) is 3.28. The van der Waals surface area contributed by atoms with E-state index in [-0.39, 0.29) is 0 Å². The minimum absolute atomic E-state index is 0.629. The fraction of sp³-hybridized carbons (Fsp3) is 0.200. The maximum atomic E-state index is 6.01. The second-order valence-electron chi connectivity index (χ2n) is 4.30. The Hall–Kier alpha value is -0.230. The number of hydrogen-bond acceptors (Lipinski definition) is 2. The van der Waals surface area contributed by atoms with Gasteiger partial charge < -0.3 is 10.1 Å². The first-order valence-corrected chi connectivity index (χ1v) is 9.06. The lowest BCUT2D eigenvalue weighted by Gasteiger charge is -2.13. The lowest BCUT2D eigenvalue weighted by atomic mass is 10.2. The van der Waals surface area contributed by atoms with Crippen LogP contribution in [0.1, 0.15) is 12.5 Å². The van der Waals surface area contributed by atoms with Crippen LogP contribution >= 0.6 is 59.4 Å². The SMILES string of the molecule is CCOc1c(Br)cc(CNc2cc(Cl)ccc2Br)cc1Br. The normalized spacial score (nSPS) is 10.5. The number of halogens is 4. The van der Waals surface area contributed by atoms with Crippen LogP contribution in [-0.4, -0.2) is 6.61 Å². The smallest absolute Gasteiger partial charge is 0.147 e. The minimum Gasteiger partial charge on any atom is -0.492 e. The molecule has 0 atom stereocenters. The van der Waals surface area contributed by atoms with Crippen molar-refractivity contribution in [1.29, 1.82) is 0 Å². The predicted octanol–water partition coefficient (Wildman–Crippen LogP) is 6.64. The third-order valence-electron chi connectivity index (χ3n) is 2.76. The van der Waals surface area contributed by atoms with E-state index in [2.05, 4.69) is 53.1 Å². The fourth-order valence-corrected chi connectivity index (χ4v) is 3.90. The van der Waals surface area contributed by atoms with Crippen LogP contribution < -0.4 is 10.1 Å². The van der Waals surface area contributed by atoms with Crippen LogP contribution in [0.5, 0.6) is 5.75 Å². The highest BCUT2D eigenvalue weighted by atomic mass is 79.9. The first-order valence-electron chi connectivity index (χ1n) is 6.31. The summed E-state index contributed by atoms with van der Waals surface area (Å²) in [5.41, 5.74) is 2.09. The molecule has 0 aliphatic carbocycles. The Morgan fingerprint density at radius 1 is 1.05 bits per heavy atom. The number of nitrogens with one attached hydrogen (secondary N) is 1. The molecule has 2 rings (SSSR count). The molecule has 0 saturated heterocycles. The zero-order valence-electron chi connectivity index (χ0n) is 11.2. The van der Waals surface area contributed by atoms with Crippen LogP contribution in [0.2, 0.25) is 5.02 Å². The molecule has 0 radical (unpaired) electrons. The van der Waals surface area contributed by atoms with Gasteiger partial charge in [-0.1, -0.05) is 11.6 Å². The van der Waals surface area contributed by atoms with Crippen molar-refractivity contribution >= 4 is 65.1 Å². The van der Waals surface area contributed by atoms with Gasteiger partial charge in [0.2, 0.25) is 0 Å². The Bertz CT molecular complexity index is 626. The van der Waals surface area contributed by atoms with Gasteiger partial charge in [-0.25, -0.2) is 0 Å². The highest BCUT2D eigenvalue weighted by Crippen LogP contribution is 2.35. The summed E-state index contributed by atoms with van der Waals surface area (Å²) >= 11 is 16.6. The van der Waals surface area contributed by atoms with E-state index in [4.69, 9.17) is 16.3 Å². The summed E-state index contributed by atoms with van der Waals surface area (Å²) in [4.78, 5) is 0. The lowest BCUT2D eigenvalue weighted by molar-refractivity contribution is 0.336. The van der Waals surface area contributed by atoms with Crippen molar-refractivity contribution in [3.05, 3.63) is 54.3 Å². The summed E-state index contributed by atoms with van der Waals surface area (Å²) in [7, 11) is 0. The minimum atomic E-state index is 0.629. The van der Waals surface area contributed by atoms with E-state index in [1.165, 1.54) is 0 Å². The van der Waals surface area contributed by atoms with Crippen LogP contribution in [0.3, 0.4) is 0 Å². The first-order chi connectivity index (χ1) is 10.0. The molecular formula is C15H13Br3ClNO. The Morgan fingerprint density at radius 2 is 1.71 bits per heavy atom. The molecule has 2 aromatic rings. The van der Waals surface area contributed by atoms with Crippen molar-refractivity contribution in [3.63, 3.8) is 0 Å². The molecule has 6 heteroatoms. The van der Waals surface area contributed by atoms with Crippen molar-refractivity contribution in [2.45, 2.75) is 13.5 Å². The van der Waals surface area contributed by atoms with E-state index < -0.39 is 0 Å². The average Bonchev–Trinajstić information content (AvgIpc) is 2.44. The fourth-order valence-electron chi connectivity index (χ4n) is 1.83. The molecule has 2 nitrogen and oxygen atoms in total. The maximum Gasteiger partial charge on any atom is 0.147 e. The molecule has 0 amide bonds. The number of anilines is 1. The number of rotatable bonds is 5. The van der Waals surface area contributed by atoms with Gasteiger partial charge in [-0.2, -0.15) is 0 Å². The average molecular weight is 498 g/mol. The molecule has 0 unspecified atom stereocenters. The molecular weight excluding hydrogens is 485 g/mol. The molecule has 2 aromatic carbocycles. The van der Waals surface area contributed by atoms with E-state index in [9.17, 15) is 0 Å². The summed E-state index contributed by atoms with van der Waals surface area (Å²) in [5.74, 6) is 0.824. The topological polar surface area (TPSA) is 21.3 Å². The number of ether oxygens (including phenoxy) is 1. The van der Waals surface area contributed by atoms with Gasteiger partial charge in [0.25, 0.3) is 0 Å². The van der Waals surface area contributed by atoms with E-state index in [0.717, 1.165) is 30.4 Å². The molecule has 0 spiro atoms. The largest absolute Gasteiger partial charge is 0.492 e. The second-order valence-corrected chi connectivity index (χ2v) is 7.30. The molecule has 1 N–H and O–H groups in total. The van der Waals surface area contributed by atoms with Gasteiger partial charge in [0, 0.05) is 16.0 Å². The van der Waals surface area contributed by atoms with Crippen LogP contribution in [-0.2, 0) is 6.54 Å². The first kappa shape index (κ1) is 17.1. The van der Waals surface area contributed by atoms with Gasteiger partial charge >= 0.3 is 0 Å². The van der Waals surface area contributed by atoms with Gasteiger partial charge in [-0.3, -0.25) is 0 Å². The quantitative estimate of drug-likeness (QED) is 0.499. The maximum absolute atomic E-state index is 6.01. The standard InChI is InChI=1S/C15H13Br3ClNO/c1-2-21-15-12(17)5-9(6-13(15)18)8-20-14-7-10(19)3-4-11(14)16/h3-7,20H,2,8H2,1H3. The van der Waals surface area contributed by atoms with E-state index in [0.29, 0.717) is 18.2 Å². The molecule has 21 heavy (non-hydrogen) atoms. The summed E-state index contributed by atoms with van der Waals surface area (Å²) in [6.07, 6.45) is 0. The van der Waals surface area contributed by atoms with Gasteiger partial charge in [0.15, 0.2) is 0 Å². The van der Waals surface area contributed by atoms with Gasteiger partial charge in [-0.15, -0.1) is 0 Å². The zero-order valence-corrected chi connectivity index (χ0v) is 16.7. The van der Waals surface area contributed by atoms with Crippen molar-refractivity contribution in [1.82, 2.24) is 0 Å². The molecule has 112 valence electrons. The molecule has 0 bridgehead atoms. The van der Waals surface area contributed by atoms with Gasteiger partial charge in [0.1, 0.15) is 5.75 Å². The molecule has 0 saturated carbocycles. The Labute approximate surface area is 154 Å². The molecule has 0 aliphatic heterocycles. The van der Waals surface area contributed by atoms with Crippen LogP contribution in [0, 0.1) is 0 Å². The van der Waals surface area contributed by atoms with Gasteiger partial charge in [-0.05, 0) is 90.6 Å². The highest BCUT2D eigenvalue weighted by molar-refractivity contribution is 9.11. The predicted molar refractivity (Wildman–Crippen MR) is 99.5 cm³/mol. The van der Waals surface area contributed by atoms with Gasteiger partial charge in [0.05, 0.1) is 21.2 Å². The summed E-state index contributed by atoms with van der Waals surface area (Å²) in [6, 6.07) is 9.75. The molecule has 0 aromatic heterocycles. The van der Waals surface area contributed by atoms with Crippen molar-refractivity contribution in [3.8, 4) is 5.75 Å². The molecule has 0 fully saturated rings. The highest BCUT2D eigenvalue weighted by Gasteiger charge is 2.09. The van der Waals surface area contributed by atoms with Crippen molar-refractivity contribution in [2.75, 3.05) is 11.9 Å². The van der Waals surface area contributed by atoms with Crippen LogP contribution in [0.15, 0.2) is 43.7 Å². The Balaban J connectivity index is 2.15. The summed E-state index contributed by atoms with van der Waals surface area (Å²) in [5, 5.41) is 4.07.